The molecule has 1 saturated heterocycles. The zero-order chi connectivity index (χ0) is 16.8. The molecule has 2 fully saturated rings. The van der Waals surface area contributed by atoms with Crippen molar-refractivity contribution in [2.45, 2.75) is 13.3 Å². The summed E-state index contributed by atoms with van der Waals surface area (Å²) < 4.78 is 4.95. The van der Waals surface area contributed by atoms with Crippen LogP contribution in [0.15, 0.2) is 41.5 Å². The first-order valence-electron chi connectivity index (χ1n) is 7.93. The van der Waals surface area contributed by atoms with E-state index in [2.05, 4.69) is 17.3 Å². The van der Waals surface area contributed by atoms with Gasteiger partial charge < -0.3 is 4.74 Å². The van der Waals surface area contributed by atoms with E-state index in [1.165, 1.54) is 13.1 Å². The molecule has 3 aliphatic rings. The molecule has 6 heteroatoms. The molecule has 2 bridgehead atoms. The van der Waals surface area contributed by atoms with Crippen LogP contribution in [0.25, 0.3) is 0 Å². The molecule has 2 amide bonds. The Labute approximate surface area is 138 Å². The number of carbonyl (C=O) groups is 3. The third-order valence-corrected chi connectivity index (χ3v) is 4.91. The summed E-state index contributed by atoms with van der Waals surface area (Å²) >= 11 is 0. The van der Waals surface area contributed by atoms with Gasteiger partial charge in [-0.05, 0) is 48.1 Å². The van der Waals surface area contributed by atoms with E-state index < -0.39 is 0 Å². The Morgan fingerprint density at radius 2 is 1.71 bits per heavy atom. The number of nitrogens with zero attached hydrogens (tertiary/aromatic N) is 2. The van der Waals surface area contributed by atoms with Crippen LogP contribution in [0.4, 0.5) is 0 Å². The smallest absolute Gasteiger partial charge is 0.308 e. The first-order chi connectivity index (χ1) is 11.5. The number of allylic oxidation sites excluding steroid dienone is 2. The molecule has 1 aromatic rings. The van der Waals surface area contributed by atoms with Crippen LogP contribution in [0.5, 0.6) is 5.75 Å². The highest BCUT2D eigenvalue weighted by Gasteiger charge is 2.59. The summed E-state index contributed by atoms with van der Waals surface area (Å²) in [6.07, 6.45) is 6.49. The second-order valence-corrected chi connectivity index (χ2v) is 6.40. The van der Waals surface area contributed by atoms with E-state index in [4.69, 9.17) is 4.74 Å². The fourth-order valence-electron chi connectivity index (χ4n) is 3.91. The maximum Gasteiger partial charge on any atom is 0.308 e. The third-order valence-electron chi connectivity index (χ3n) is 4.91. The summed E-state index contributed by atoms with van der Waals surface area (Å²) in [6.45, 7) is 1.33. The molecular formula is C18H16N2O4. The highest BCUT2D eigenvalue weighted by atomic mass is 16.5. The van der Waals surface area contributed by atoms with E-state index in [0.29, 0.717) is 11.3 Å². The van der Waals surface area contributed by atoms with Gasteiger partial charge in [0.15, 0.2) is 0 Å². The van der Waals surface area contributed by atoms with Crippen LogP contribution in [0.2, 0.25) is 0 Å². The van der Waals surface area contributed by atoms with E-state index in [0.717, 1.165) is 11.4 Å². The fourth-order valence-corrected chi connectivity index (χ4v) is 3.91. The number of carbonyl (C=O) groups excluding carboxylic acids is 3. The van der Waals surface area contributed by atoms with Crippen molar-refractivity contribution in [1.29, 1.82) is 0 Å². The van der Waals surface area contributed by atoms with Crippen LogP contribution in [0.1, 0.15) is 18.9 Å². The van der Waals surface area contributed by atoms with Crippen LogP contribution in [0, 0.1) is 23.7 Å². The molecule has 1 aromatic carbocycles. The lowest BCUT2D eigenvalue weighted by atomic mass is 9.85. The first kappa shape index (κ1) is 14.8. The molecule has 0 aromatic heterocycles. The molecule has 2 aliphatic carbocycles. The minimum Gasteiger partial charge on any atom is -0.427 e. The average Bonchev–Trinajstić information content (AvgIpc) is 3.22. The van der Waals surface area contributed by atoms with Gasteiger partial charge in [-0.15, -0.1) is 0 Å². The third kappa shape index (κ3) is 2.26. The number of hydrogen-bond acceptors (Lipinski definition) is 5. The summed E-state index contributed by atoms with van der Waals surface area (Å²) in [6, 6.07) is 6.68. The van der Waals surface area contributed by atoms with Crippen molar-refractivity contribution in [3.05, 3.63) is 42.0 Å². The SMILES string of the molecule is CC(=O)Oc1ccc(C=NN2C(=O)[C@@H]3[C@H](C2=O)[C@H]2C=C[C@H]3C2)cc1. The van der Waals surface area contributed by atoms with Crippen LogP contribution >= 0.6 is 0 Å². The average molecular weight is 324 g/mol. The first-order valence-corrected chi connectivity index (χ1v) is 7.93. The van der Waals surface area contributed by atoms with Crippen LogP contribution in [-0.4, -0.2) is 29.0 Å². The molecule has 4 atom stereocenters. The van der Waals surface area contributed by atoms with Crippen LogP contribution in [0.3, 0.4) is 0 Å². The summed E-state index contributed by atoms with van der Waals surface area (Å²) in [5, 5.41) is 5.11. The quantitative estimate of drug-likeness (QED) is 0.279. The van der Waals surface area contributed by atoms with Gasteiger partial charge >= 0.3 is 5.97 Å². The minimum absolute atomic E-state index is 0.180. The number of hydrazone groups is 1. The fraction of sp³-hybridized carbons (Fsp3) is 0.333. The molecular weight excluding hydrogens is 308 g/mol. The zero-order valence-corrected chi connectivity index (χ0v) is 13.1. The zero-order valence-electron chi connectivity index (χ0n) is 13.1. The summed E-state index contributed by atoms with van der Waals surface area (Å²) in [4.78, 5) is 35.9. The van der Waals surface area contributed by atoms with Crippen molar-refractivity contribution in [3.8, 4) is 5.75 Å². The minimum atomic E-state index is -0.389. The topological polar surface area (TPSA) is 76.0 Å². The van der Waals surface area contributed by atoms with E-state index in [-0.39, 0.29) is 41.5 Å². The van der Waals surface area contributed by atoms with E-state index in [1.807, 2.05) is 0 Å². The molecule has 6 nitrogen and oxygen atoms in total. The number of imide groups is 1. The highest BCUT2D eigenvalue weighted by Crippen LogP contribution is 2.52. The number of fused-ring (bicyclic) bond motifs is 5. The van der Waals surface area contributed by atoms with Crippen molar-refractivity contribution in [2.75, 3.05) is 0 Å². The maximum absolute atomic E-state index is 12.5. The molecule has 1 saturated carbocycles. The predicted molar refractivity (Wildman–Crippen MR) is 84.9 cm³/mol. The van der Waals surface area contributed by atoms with Gasteiger partial charge in [-0.25, -0.2) is 0 Å². The molecule has 24 heavy (non-hydrogen) atoms. The van der Waals surface area contributed by atoms with Gasteiger partial charge in [-0.3, -0.25) is 14.4 Å². The number of esters is 1. The van der Waals surface area contributed by atoms with E-state index in [9.17, 15) is 14.4 Å². The van der Waals surface area contributed by atoms with E-state index >= 15 is 0 Å². The Morgan fingerprint density at radius 3 is 2.25 bits per heavy atom. The van der Waals surface area contributed by atoms with Gasteiger partial charge in [0.2, 0.25) is 0 Å². The summed E-state index contributed by atoms with van der Waals surface area (Å²) in [5.74, 6) is -0.472. The lowest BCUT2D eigenvalue weighted by Gasteiger charge is -2.13. The standard InChI is InChI=1S/C18H16N2O4/c1-10(21)24-14-6-2-11(3-7-14)9-19-20-17(22)15-12-4-5-13(8-12)16(15)18(20)23/h2-7,9,12-13,15-16H,8H2,1H3/t12-,13-,15-,16+/m0/s1. The second kappa shape index (κ2) is 5.40. The van der Waals surface area contributed by atoms with Gasteiger partial charge in [0.05, 0.1) is 18.1 Å². The van der Waals surface area contributed by atoms with Crippen molar-refractivity contribution in [1.82, 2.24) is 5.01 Å². The number of hydrogen-bond donors (Lipinski definition) is 0. The lowest BCUT2D eigenvalue weighted by molar-refractivity contribution is -0.140. The normalized spacial score (nSPS) is 30.5. The van der Waals surface area contributed by atoms with Crippen LogP contribution < -0.4 is 4.74 Å². The second-order valence-electron chi connectivity index (χ2n) is 6.40. The van der Waals surface area contributed by atoms with Crippen molar-refractivity contribution in [2.24, 2.45) is 28.8 Å². The lowest BCUT2D eigenvalue weighted by Crippen LogP contribution is -2.28. The molecule has 1 heterocycles. The van der Waals surface area contributed by atoms with Crippen molar-refractivity contribution >= 4 is 24.0 Å². The molecule has 0 unspecified atom stereocenters. The van der Waals surface area contributed by atoms with Gasteiger partial charge in [-0.1, -0.05) is 12.2 Å². The molecule has 1 aliphatic heterocycles. The molecule has 0 spiro atoms. The highest BCUT2D eigenvalue weighted by molar-refractivity contribution is 6.06. The Bertz CT molecular complexity index is 751. The maximum atomic E-state index is 12.5. The van der Waals surface area contributed by atoms with Gasteiger partial charge in [0, 0.05) is 6.92 Å². The molecule has 0 radical (unpaired) electrons. The number of ether oxygens (including phenoxy) is 1. The van der Waals surface area contributed by atoms with Crippen molar-refractivity contribution in [3.63, 3.8) is 0 Å². The molecule has 122 valence electrons. The number of amides is 2. The van der Waals surface area contributed by atoms with Gasteiger partial charge in [-0.2, -0.15) is 10.1 Å². The largest absolute Gasteiger partial charge is 0.427 e. The summed E-state index contributed by atoms with van der Waals surface area (Å²) in [5.41, 5.74) is 0.713. The summed E-state index contributed by atoms with van der Waals surface area (Å²) in [7, 11) is 0. The van der Waals surface area contributed by atoms with Crippen LogP contribution in [-0.2, 0) is 14.4 Å². The molecule has 0 N–H and O–H groups in total. The number of benzene rings is 1. The van der Waals surface area contributed by atoms with Gasteiger partial charge in [0.25, 0.3) is 11.8 Å². The molecule has 4 rings (SSSR count). The Kier molecular flexibility index (Phi) is 3.33. The monoisotopic (exact) mass is 324 g/mol. The Hall–Kier alpha value is -2.76. The Morgan fingerprint density at radius 1 is 1.12 bits per heavy atom. The number of rotatable bonds is 3. The van der Waals surface area contributed by atoms with E-state index in [1.54, 1.807) is 24.3 Å². The predicted octanol–water partition coefficient (Wildman–Crippen LogP) is 1.75. The van der Waals surface area contributed by atoms with Crippen molar-refractivity contribution < 1.29 is 19.1 Å². The Balaban J connectivity index is 1.49. The van der Waals surface area contributed by atoms with Gasteiger partial charge in [0.1, 0.15) is 5.75 Å².